The van der Waals surface area contributed by atoms with Crippen LogP contribution in [0.4, 0.5) is 0 Å². The van der Waals surface area contributed by atoms with E-state index in [2.05, 4.69) is 55.3 Å². The van der Waals surface area contributed by atoms with Crippen LogP contribution >= 0.6 is 11.3 Å². The van der Waals surface area contributed by atoms with Gasteiger partial charge in [0, 0.05) is 40.9 Å². The number of aryl methyl sites for hydroxylation is 1. The molecule has 0 unspecified atom stereocenters. The highest BCUT2D eigenvalue weighted by Crippen LogP contribution is 2.32. The Kier molecular flexibility index (Phi) is 9.49. The molecule has 0 aliphatic carbocycles. The number of nitrogens with zero attached hydrogens (tertiary/aromatic N) is 1. The van der Waals surface area contributed by atoms with Crippen molar-refractivity contribution in [1.82, 2.24) is 10.2 Å². The summed E-state index contributed by atoms with van der Waals surface area (Å²) in [5.74, 6) is -1.79. The standard InChI is InChI=1S/C19H28N2S.C4H4O4/c1-14(2)12-21(16-8-10-20-11-9-16)13-19-15(3)17-6-4-5-7-18(17)22-19;5-3(6)1-2-4(7)8/h4-7,14,16,20H,8-13H2,1-3H3;1-2H,(H,5,6)(H,7,8). The summed E-state index contributed by atoms with van der Waals surface area (Å²) in [5.41, 5.74) is 1.49. The van der Waals surface area contributed by atoms with E-state index in [9.17, 15) is 9.59 Å². The minimum absolute atomic E-state index is 0.558. The molecule has 7 heteroatoms. The summed E-state index contributed by atoms with van der Waals surface area (Å²) in [6.45, 7) is 11.6. The molecule has 2 aromatic rings. The van der Waals surface area contributed by atoms with Crippen molar-refractivity contribution in [2.75, 3.05) is 19.6 Å². The minimum atomic E-state index is -1.26. The van der Waals surface area contributed by atoms with Crippen LogP contribution in [-0.4, -0.2) is 52.7 Å². The molecule has 1 fully saturated rings. The van der Waals surface area contributed by atoms with Gasteiger partial charge in [0.25, 0.3) is 0 Å². The molecule has 0 radical (unpaired) electrons. The van der Waals surface area contributed by atoms with E-state index in [0.717, 1.165) is 18.5 Å². The molecule has 3 rings (SSSR count). The number of hydrogen-bond acceptors (Lipinski definition) is 5. The molecule has 0 saturated carbocycles. The van der Waals surface area contributed by atoms with Gasteiger partial charge in [-0.25, -0.2) is 9.59 Å². The highest BCUT2D eigenvalue weighted by atomic mass is 32.1. The van der Waals surface area contributed by atoms with E-state index >= 15 is 0 Å². The fourth-order valence-corrected chi connectivity index (χ4v) is 4.92. The zero-order valence-electron chi connectivity index (χ0n) is 17.9. The van der Waals surface area contributed by atoms with Crippen LogP contribution in [0.2, 0.25) is 0 Å². The molecule has 1 aliphatic heterocycles. The molecule has 1 aliphatic rings. The third-order valence-electron chi connectivity index (χ3n) is 5.08. The normalized spacial score (nSPS) is 15.0. The molecule has 30 heavy (non-hydrogen) atoms. The molecule has 164 valence electrons. The summed E-state index contributed by atoms with van der Waals surface area (Å²) >= 11 is 1.99. The number of piperidine rings is 1. The number of aliphatic carboxylic acids is 2. The van der Waals surface area contributed by atoms with Gasteiger partial charge in [-0.15, -0.1) is 11.3 Å². The molecule has 1 saturated heterocycles. The molecular weight excluding hydrogens is 400 g/mol. The second-order valence-electron chi connectivity index (χ2n) is 7.96. The van der Waals surface area contributed by atoms with Crippen LogP contribution in [0.25, 0.3) is 10.1 Å². The monoisotopic (exact) mass is 432 g/mol. The maximum Gasteiger partial charge on any atom is 0.328 e. The van der Waals surface area contributed by atoms with Gasteiger partial charge in [0.15, 0.2) is 0 Å². The SMILES string of the molecule is Cc1c(CN(CC(C)C)C2CCNCC2)sc2ccccc12.O=C(O)C=CC(=O)O. The average molecular weight is 433 g/mol. The Morgan fingerprint density at radius 2 is 1.77 bits per heavy atom. The first-order valence-corrected chi connectivity index (χ1v) is 11.1. The highest BCUT2D eigenvalue weighted by Gasteiger charge is 2.23. The van der Waals surface area contributed by atoms with Crippen LogP contribution in [0, 0.1) is 12.8 Å². The zero-order chi connectivity index (χ0) is 22.1. The van der Waals surface area contributed by atoms with Crippen LogP contribution in [0.1, 0.15) is 37.1 Å². The van der Waals surface area contributed by atoms with Gasteiger partial charge in [-0.1, -0.05) is 32.0 Å². The maximum atomic E-state index is 9.55. The molecule has 0 amide bonds. The van der Waals surface area contributed by atoms with E-state index in [1.807, 2.05) is 11.3 Å². The molecular formula is C23H32N2O4S. The van der Waals surface area contributed by atoms with Crippen LogP contribution in [-0.2, 0) is 16.1 Å². The highest BCUT2D eigenvalue weighted by molar-refractivity contribution is 7.19. The van der Waals surface area contributed by atoms with Crippen molar-refractivity contribution < 1.29 is 19.8 Å². The van der Waals surface area contributed by atoms with E-state index < -0.39 is 11.9 Å². The summed E-state index contributed by atoms with van der Waals surface area (Å²) in [7, 11) is 0. The summed E-state index contributed by atoms with van der Waals surface area (Å²) in [6.07, 6.45) is 3.69. The molecule has 1 aromatic carbocycles. The summed E-state index contributed by atoms with van der Waals surface area (Å²) in [5, 5.41) is 20.6. The lowest BCUT2D eigenvalue weighted by Crippen LogP contribution is -2.44. The first-order valence-electron chi connectivity index (χ1n) is 10.3. The number of thiophene rings is 1. The first kappa shape index (κ1) is 24.1. The zero-order valence-corrected chi connectivity index (χ0v) is 18.7. The van der Waals surface area contributed by atoms with Crippen molar-refractivity contribution in [1.29, 1.82) is 0 Å². The number of carboxylic acid groups (broad SMARTS) is 2. The smallest absolute Gasteiger partial charge is 0.328 e. The van der Waals surface area contributed by atoms with Crippen LogP contribution in [0.3, 0.4) is 0 Å². The Morgan fingerprint density at radius 1 is 1.17 bits per heavy atom. The van der Waals surface area contributed by atoms with Crippen molar-refractivity contribution in [2.45, 2.75) is 46.2 Å². The largest absolute Gasteiger partial charge is 0.478 e. The lowest BCUT2D eigenvalue weighted by Gasteiger charge is -2.35. The van der Waals surface area contributed by atoms with Gasteiger partial charge in [-0.05, 0) is 55.8 Å². The molecule has 3 N–H and O–H groups in total. The Balaban J connectivity index is 0.000000343. The number of rotatable bonds is 7. The second kappa shape index (κ2) is 11.8. The third-order valence-corrected chi connectivity index (χ3v) is 6.34. The summed E-state index contributed by atoms with van der Waals surface area (Å²) < 4.78 is 1.44. The Bertz CT molecular complexity index is 853. The van der Waals surface area contributed by atoms with Crippen molar-refractivity contribution in [3.63, 3.8) is 0 Å². The maximum absolute atomic E-state index is 9.55. The number of carboxylic acids is 2. The lowest BCUT2D eigenvalue weighted by molar-refractivity contribution is -0.134. The van der Waals surface area contributed by atoms with Crippen molar-refractivity contribution in [3.8, 4) is 0 Å². The van der Waals surface area contributed by atoms with Gasteiger partial charge in [0.2, 0.25) is 0 Å². The summed E-state index contributed by atoms with van der Waals surface area (Å²) in [4.78, 5) is 23.4. The van der Waals surface area contributed by atoms with Gasteiger partial charge < -0.3 is 15.5 Å². The van der Waals surface area contributed by atoms with Crippen LogP contribution < -0.4 is 5.32 Å². The first-order chi connectivity index (χ1) is 14.3. The van der Waals surface area contributed by atoms with Gasteiger partial charge in [-0.3, -0.25) is 4.90 Å². The van der Waals surface area contributed by atoms with Gasteiger partial charge >= 0.3 is 11.9 Å². The number of fused-ring (bicyclic) bond motifs is 1. The number of nitrogens with one attached hydrogen (secondary N) is 1. The van der Waals surface area contributed by atoms with E-state index in [0.29, 0.717) is 12.2 Å². The number of carbonyl (C=O) groups is 2. The molecule has 0 bridgehead atoms. The fourth-order valence-electron chi connectivity index (χ4n) is 3.69. The van der Waals surface area contributed by atoms with E-state index in [1.165, 1.54) is 48.1 Å². The van der Waals surface area contributed by atoms with E-state index in [-0.39, 0.29) is 0 Å². The van der Waals surface area contributed by atoms with Crippen LogP contribution in [0.5, 0.6) is 0 Å². The quantitative estimate of drug-likeness (QED) is 0.570. The second-order valence-corrected chi connectivity index (χ2v) is 9.10. The minimum Gasteiger partial charge on any atom is -0.478 e. The molecule has 1 aromatic heterocycles. The average Bonchev–Trinajstić information content (AvgIpc) is 3.02. The molecule has 6 nitrogen and oxygen atoms in total. The topological polar surface area (TPSA) is 89.9 Å². The van der Waals surface area contributed by atoms with Crippen molar-refractivity contribution in [2.24, 2.45) is 5.92 Å². The number of hydrogen-bond donors (Lipinski definition) is 3. The molecule has 0 spiro atoms. The Labute approximate surface area is 182 Å². The van der Waals surface area contributed by atoms with Gasteiger partial charge in [0.05, 0.1) is 0 Å². The fraction of sp³-hybridized carbons (Fsp3) is 0.478. The third kappa shape index (κ3) is 7.55. The van der Waals surface area contributed by atoms with Crippen molar-refractivity contribution in [3.05, 3.63) is 46.9 Å². The lowest BCUT2D eigenvalue weighted by atomic mass is 10.0. The Hall–Kier alpha value is -2.22. The molecule has 2 heterocycles. The van der Waals surface area contributed by atoms with Gasteiger partial charge in [0.1, 0.15) is 0 Å². The molecule has 0 atom stereocenters. The van der Waals surface area contributed by atoms with E-state index in [4.69, 9.17) is 10.2 Å². The Morgan fingerprint density at radius 3 is 2.30 bits per heavy atom. The van der Waals surface area contributed by atoms with Gasteiger partial charge in [-0.2, -0.15) is 0 Å². The summed E-state index contributed by atoms with van der Waals surface area (Å²) in [6, 6.07) is 9.58. The predicted octanol–water partition coefficient (Wildman–Crippen LogP) is 4.13. The van der Waals surface area contributed by atoms with E-state index in [1.54, 1.807) is 4.88 Å². The van der Waals surface area contributed by atoms with Crippen LogP contribution in [0.15, 0.2) is 36.4 Å². The predicted molar refractivity (Wildman–Crippen MR) is 122 cm³/mol. The van der Waals surface area contributed by atoms with Crippen molar-refractivity contribution >= 4 is 33.4 Å². The number of benzene rings is 1.